The fourth-order valence-corrected chi connectivity index (χ4v) is 2.94. The van der Waals surface area contributed by atoms with Crippen molar-refractivity contribution >= 4 is 5.91 Å². The molecule has 0 spiro atoms. The summed E-state index contributed by atoms with van der Waals surface area (Å²) in [6.07, 6.45) is 0.667. The molecule has 23 heavy (non-hydrogen) atoms. The molecule has 0 unspecified atom stereocenters. The van der Waals surface area contributed by atoms with Crippen LogP contribution in [-0.4, -0.2) is 23.7 Å². The van der Waals surface area contributed by atoms with Crippen molar-refractivity contribution in [3.05, 3.63) is 71.8 Å². The zero-order chi connectivity index (χ0) is 16.1. The zero-order valence-corrected chi connectivity index (χ0v) is 12.9. The molecular formula is C19H21NO3. The number of hydrogen-bond donors (Lipinski definition) is 2. The highest BCUT2D eigenvalue weighted by atomic mass is 16.5. The fourth-order valence-electron chi connectivity index (χ4n) is 2.94. The molecule has 1 fully saturated rings. The summed E-state index contributed by atoms with van der Waals surface area (Å²) < 4.78 is 5.76. The smallest absolute Gasteiger partial charge is 0.254 e. The average molecular weight is 311 g/mol. The van der Waals surface area contributed by atoms with Gasteiger partial charge in [0, 0.05) is 6.61 Å². The van der Waals surface area contributed by atoms with Crippen molar-refractivity contribution in [2.75, 3.05) is 6.61 Å². The van der Waals surface area contributed by atoms with Crippen LogP contribution in [0, 0.1) is 0 Å². The largest absolute Gasteiger partial charge is 0.378 e. The highest BCUT2D eigenvalue weighted by molar-refractivity contribution is 5.82. The zero-order valence-electron chi connectivity index (χ0n) is 12.9. The lowest BCUT2D eigenvalue weighted by molar-refractivity contribution is -0.131. The lowest BCUT2D eigenvalue weighted by Crippen LogP contribution is -2.38. The van der Waals surface area contributed by atoms with Gasteiger partial charge in [0.15, 0.2) is 6.10 Å². The van der Waals surface area contributed by atoms with Gasteiger partial charge < -0.3 is 15.2 Å². The van der Waals surface area contributed by atoms with Crippen LogP contribution in [0.4, 0.5) is 0 Å². The monoisotopic (exact) mass is 311 g/mol. The fraction of sp³-hybridized carbons (Fsp3) is 0.316. The van der Waals surface area contributed by atoms with Gasteiger partial charge in [-0.25, -0.2) is 0 Å². The number of ether oxygens (including phenoxy) is 1. The maximum absolute atomic E-state index is 12.5. The standard InChI is InChI=1S/C19H21NO3/c21-18(15-10-5-2-6-11-15)19(22)20-17(16-12-7-13-23-16)14-8-3-1-4-9-14/h1-6,8-11,16-18,21H,7,12-13H2,(H,20,22)/t16-,17-,18+/m0/s1. The summed E-state index contributed by atoms with van der Waals surface area (Å²) in [5.41, 5.74) is 1.58. The Hall–Kier alpha value is -2.17. The molecule has 0 saturated carbocycles. The highest BCUT2D eigenvalue weighted by Crippen LogP contribution is 2.27. The highest BCUT2D eigenvalue weighted by Gasteiger charge is 2.30. The molecule has 1 saturated heterocycles. The van der Waals surface area contributed by atoms with E-state index in [4.69, 9.17) is 4.74 Å². The predicted molar refractivity (Wildman–Crippen MR) is 87.7 cm³/mol. The molecule has 2 aromatic carbocycles. The van der Waals surface area contributed by atoms with Crippen LogP contribution in [0.3, 0.4) is 0 Å². The molecule has 120 valence electrons. The van der Waals surface area contributed by atoms with Crippen molar-refractivity contribution in [3.8, 4) is 0 Å². The van der Waals surface area contributed by atoms with Gasteiger partial charge in [-0.2, -0.15) is 0 Å². The molecule has 1 aliphatic rings. The maximum Gasteiger partial charge on any atom is 0.254 e. The minimum Gasteiger partial charge on any atom is -0.378 e. The van der Waals surface area contributed by atoms with Gasteiger partial charge in [-0.05, 0) is 24.0 Å². The van der Waals surface area contributed by atoms with Gasteiger partial charge >= 0.3 is 0 Å². The molecule has 1 aliphatic heterocycles. The topological polar surface area (TPSA) is 58.6 Å². The van der Waals surface area contributed by atoms with Crippen LogP contribution in [0.1, 0.15) is 36.1 Å². The van der Waals surface area contributed by atoms with Crippen LogP contribution in [-0.2, 0) is 9.53 Å². The summed E-state index contributed by atoms with van der Waals surface area (Å²) >= 11 is 0. The number of amides is 1. The van der Waals surface area contributed by atoms with E-state index < -0.39 is 12.0 Å². The third kappa shape index (κ3) is 3.78. The van der Waals surface area contributed by atoms with Gasteiger partial charge in [-0.15, -0.1) is 0 Å². The summed E-state index contributed by atoms with van der Waals surface area (Å²) in [7, 11) is 0. The molecule has 2 N–H and O–H groups in total. The molecule has 2 aromatic rings. The number of benzene rings is 2. The molecule has 4 nitrogen and oxygen atoms in total. The second-order valence-electron chi connectivity index (χ2n) is 5.76. The summed E-state index contributed by atoms with van der Waals surface area (Å²) in [5.74, 6) is -0.402. The van der Waals surface area contributed by atoms with Crippen molar-refractivity contribution in [2.24, 2.45) is 0 Å². The van der Waals surface area contributed by atoms with Gasteiger partial charge in [0.1, 0.15) is 0 Å². The Bertz CT molecular complexity index is 624. The Morgan fingerprint density at radius 3 is 2.22 bits per heavy atom. The van der Waals surface area contributed by atoms with Gasteiger partial charge in [0.25, 0.3) is 5.91 Å². The normalized spacial score (nSPS) is 20.0. The lowest BCUT2D eigenvalue weighted by Gasteiger charge is -2.26. The molecule has 0 aromatic heterocycles. The number of aliphatic hydroxyl groups excluding tert-OH is 1. The molecule has 4 heteroatoms. The van der Waals surface area contributed by atoms with Crippen molar-refractivity contribution < 1.29 is 14.6 Å². The number of carbonyl (C=O) groups excluding carboxylic acids is 1. The molecule has 3 atom stereocenters. The molecule has 1 heterocycles. The number of carbonyl (C=O) groups is 1. The second-order valence-corrected chi connectivity index (χ2v) is 5.76. The van der Waals surface area contributed by atoms with E-state index in [1.54, 1.807) is 24.3 Å². The minimum absolute atomic E-state index is 0.0516. The van der Waals surface area contributed by atoms with Crippen LogP contribution < -0.4 is 5.32 Å². The second kappa shape index (κ2) is 7.40. The SMILES string of the molecule is O=C(N[C@@H](c1ccccc1)[C@@H]1CCCO1)[C@H](O)c1ccccc1. The number of hydrogen-bond acceptors (Lipinski definition) is 3. The first-order valence-electron chi connectivity index (χ1n) is 7.95. The summed E-state index contributed by atoms with van der Waals surface area (Å²) in [5, 5.41) is 13.2. The van der Waals surface area contributed by atoms with Gasteiger partial charge in [0.2, 0.25) is 0 Å². The Morgan fingerprint density at radius 1 is 1.04 bits per heavy atom. The molecule has 0 radical (unpaired) electrons. The minimum atomic E-state index is -1.18. The molecule has 0 bridgehead atoms. The quantitative estimate of drug-likeness (QED) is 0.892. The Labute approximate surface area is 136 Å². The number of rotatable bonds is 5. The summed E-state index contributed by atoms with van der Waals surface area (Å²) in [6.45, 7) is 0.713. The van der Waals surface area contributed by atoms with Crippen molar-refractivity contribution in [2.45, 2.75) is 31.1 Å². The van der Waals surface area contributed by atoms with Gasteiger partial charge in [0.05, 0.1) is 12.1 Å². The van der Waals surface area contributed by atoms with E-state index in [0.717, 1.165) is 18.4 Å². The molecule has 0 aliphatic carbocycles. The Morgan fingerprint density at radius 2 is 1.65 bits per heavy atom. The van der Waals surface area contributed by atoms with Gasteiger partial charge in [-0.1, -0.05) is 60.7 Å². The van der Waals surface area contributed by atoms with E-state index in [0.29, 0.717) is 12.2 Å². The number of aliphatic hydroxyl groups is 1. The average Bonchev–Trinajstić information content (AvgIpc) is 3.14. The van der Waals surface area contributed by atoms with E-state index in [9.17, 15) is 9.90 Å². The van der Waals surface area contributed by atoms with Crippen molar-refractivity contribution in [1.82, 2.24) is 5.32 Å². The molecular weight excluding hydrogens is 290 g/mol. The van der Waals surface area contributed by atoms with Crippen LogP contribution >= 0.6 is 0 Å². The maximum atomic E-state index is 12.5. The lowest BCUT2D eigenvalue weighted by atomic mass is 9.98. The molecule has 3 rings (SSSR count). The van der Waals surface area contributed by atoms with Crippen molar-refractivity contribution in [1.29, 1.82) is 0 Å². The third-order valence-electron chi connectivity index (χ3n) is 4.16. The first-order chi connectivity index (χ1) is 11.3. The van der Waals surface area contributed by atoms with E-state index in [1.165, 1.54) is 0 Å². The third-order valence-corrected chi connectivity index (χ3v) is 4.16. The first kappa shape index (κ1) is 15.7. The summed E-state index contributed by atoms with van der Waals surface area (Å²) in [6, 6.07) is 18.5. The predicted octanol–water partition coefficient (Wildman–Crippen LogP) is 2.76. The van der Waals surface area contributed by atoms with Crippen LogP contribution in [0.25, 0.3) is 0 Å². The van der Waals surface area contributed by atoms with E-state index in [2.05, 4.69) is 5.32 Å². The van der Waals surface area contributed by atoms with E-state index >= 15 is 0 Å². The Kier molecular flexibility index (Phi) is 5.05. The Balaban J connectivity index is 1.77. The van der Waals surface area contributed by atoms with Crippen molar-refractivity contribution in [3.63, 3.8) is 0 Å². The first-order valence-corrected chi connectivity index (χ1v) is 7.95. The molecule has 1 amide bonds. The summed E-state index contributed by atoms with van der Waals surface area (Å²) in [4.78, 5) is 12.5. The van der Waals surface area contributed by atoms with Crippen LogP contribution in [0.15, 0.2) is 60.7 Å². The van der Waals surface area contributed by atoms with Crippen LogP contribution in [0.5, 0.6) is 0 Å². The van der Waals surface area contributed by atoms with Crippen LogP contribution in [0.2, 0.25) is 0 Å². The van der Waals surface area contributed by atoms with Gasteiger partial charge in [-0.3, -0.25) is 4.79 Å². The van der Waals surface area contributed by atoms with E-state index in [-0.39, 0.29) is 12.1 Å². The van der Waals surface area contributed by atoms with E-state index in [1.807, 2.05) is 36.4 Å². The number of nitrogens with one attached hydrogen (secondary N) is 1.